The van der Waals surface area contributed by atoms with Crippen molar-refractivity contribution in [2.24, 2.45) is 5.73 Å². The molecule has 0 aliphatic rings. The van der Waals surface area contributed by atoms with Gasteiger partial charge >= 0.3 is 5.97 Å². The molecular formula is C8H13N3O3. The van der Waals surface area contributed by atoms with Gasteiger partial charge in [-0.15, -0.1) is 0 Å². The lowest BCUT2D eigenvalue weighted by Gasteiger charge is -2.13. The highest BCUT2D eigenvalue weighted by Crippen LogP contribution is 1.92. The normalized spacial score (nSPS) is 13.8. The standard InChI is InChI=1S/C8H13N3O3/c1-5(2-3-9)11-8(14)6(10)4-7(12)13/h5-6H,2,4,10H2,1H3,(H,11,14)(H,12,13). The maximum Gasteiger partial charge on any atom is 0.305 e. The van der Waals surface area contributed by atoms with Crippen molar-refractivity contribution in [2.45, 2.75) is 31.8 Å². The van der Waals surface area contributed by atoms with Gasteiger partial charge in [0.1, 0.15) is 0 Å². The van der Waals surface area contributed by atoms with E-state index in [9.17, 15) is 9.59 Å². The summed E-state index contributed by atoms with van der Waals surface area (Å²) >= 11 is 0. The number of nitrogens with zero attached hydrogens (tertiary/aromatic N) is 1. The lowest BCUT2D eigenvalue weighted by molar-refractivity contribution is -0.139. The Balaban J connectivity index is 3.96. The molecule has 0 fully saturated rings. The van der Waals surface area contributed by atoms with Crippen LogP contribution in [0.1, 0.15) is 19.8 Å². The van der Waals surface area contributed by atoms with Crippen LogP contribution in [0.3, 0.4) is 0 Å². The lowest BCUT2D eigenvalue weighted by atomic mass is 10.2. The van der Waals surface area contributed by atoms with Crippen LogP contribution in [0.2, 0.25) is 0 Å². The molecule has 0 spiro atoms. The lowest BCUT2D eigenvalue weighted by Crippen LogP contribution is -2.45. The predicted octanol–water partition coefficient (Wildman–Crippen LogP) is -0.793. The monoisotopic (exact) mass is 199 g/mol. The quantitative estimate of drug-likeness (QED) is 0.536. The van der Waals surface area contributed by atoms with E-state index in [1.54, 1.807) is 6.92 Å². The van der Waals surface area contributed by atoms with Gasteiger partial charge in [0.05, 0.1) is 25.0 Å². The van der Waals surface area contributed by atoms with Crippen LogP contribution in [0.4, 0.5) is 0 Å². The van der Waals surface area contributed by atoms with Crippen molar-refractivity contribution in [1.82, 2.24) is 5.32 Å². The average Bonchev–Trinajstić information content (AvgIpc) is 2.02. The van der Waals surface area contributed by atoms with Crippen molar-refractivity contribution in [1.29, 1.82) is 5.26 Å². The smallest absolute Gasteiger partial charge is 0.305 e. The predicted molar refractivity (Wildman–Crippen MR) is 48.1 cm³/mol. The van der Waals surface area contributed by atoms with Gasteiger partial charge in [-0.3, -0.25) is 9.59 Å². The number of nitriles is 1. The first kappa shape index (κ1) is 12.4. The van der Waals surface area contributed by atoms with E-state index in [1.165, 1.54) is 0 Å². The van der Waals surface area contributed by atoms with Gasteiger partial charge in [0.2, 0.25) is 5.91 Å². The van der Waals surface area contributed by atoms with Crippen LogP contribution < -0.4 is 11.1 Å². The van der Waals surface area contributed by atoms with Gasteiger partial charge in [-0.1, -0.05) is 0 Å². The second kappa shape index (κ2) is 5.94. The zero-order valence-corrected chi connectivity index (χ0v) is 7.86. The Kier molecular flexibility index (Phi) is 5.26. The second-order valence-electron chi connectivity index (χ2n) is 2.98. The Labute approximate surface area is 81.7 Å². The fourth-order valence-electron chi connectivity index (χ4n) is 0.819. The number of carbonyl (C=O) groups excluding carboxylic acids is 1. The molecular weight excluding hydrogens is 186 g/mol. The number of hydrogen-bond donors (Lipinski definition) is 3. The molecule has 0 aliphatic carbocycles. The molecule has 0 bridgehead atoms. The van der Waals surface area contributed by atoms with E-state index in [0.717, 1.165) is 0 Å². The van der Waals surface area contributed by atoms with Crippen LogP contribution in [0.5, 0.6) is 0 Å². The first-order chi connectivity index (χ1) is 6.47. The van der Waals surface area contributed by atoms with Crippen molar-refractivity contribution in [3.8, 4) is 6.07 Å². The third kappa shape index (κ3) is 5.11. The largest absolute Gasteiger partial charge is 0.481 e. The Morgan fingerprint density at radius 2 is 2.21 bits per heavy atom. The third-order valence-corrected chi connectivity index (χ3v) is 1.52. The van der Waals surface area contributed by atoms with E-state index in [-0.39, 0.29) is 12.5 Å². The first-order valence-electron chi connectivity index (χ1n) is 4.12. The van der Waals surface area contributed by atoms with Gasteiger partial charge in [0.15, 0.2) is 0 Å². The number of carboxylic acid groups (broad SMARTS) is 1. The van der Waals surface area contributed by atoms with Crippen LogP contribution in [-0.2, 0) is 9.59 Å². The Bertz CT molecular complexity index is 259. The van der Waals surface area contributed by atoms with Crippen LogP contribution >= 0.6 is 0 Å². The van der Waals surface area contributed by atoms with E-state index < -0.39 is 24.3 Å². The van der Waals surface area contributed by atoms with E-state index in [0.29, 0.717) is 0 Å². The highest BCUT2D eigenvalue weighted by molar-refractivity contribution is 5.86. The molecule has 78 valence electrons. The summed E-state index contributed by atoms with van der Waals surface area (Å²) in [7, 11) is 0. The number of aliphatic carboxylic acids is 1. The number of carbonyl (C=O) groups is 2. The summed E-state index contributed by atoms with van der Waals surface area (Å²) in [6, 6.07) is 0.507. The molecule has 0 aliphatic heterocycles. The molecule has 0 aromatic heterocycles. The average molecular weight is 199 g/mol. The Morgan fingerprint density at radius 1 is 1.64 bits per heavy atom. The summed E-state index contributed by atoms with van der Waals surface area (Å²) < 4.78 is 0. The first-order valence-corrected chi connectivity index (χ1v) is 4.12. The Morgan fingerprint density at radius 3 is 2.64 bits per heavy atom. The molecule has 1 amide bonds. The topological polar surface area (TPSA) is 116 Å². The van der Waals surface area contributed by atoms with Crippen molar-refractivity contribution in [3.05, 3.63) is 0 Å². The second-order valence-corrected chi connectivity index (χ2v) is 2.98. The SMILES string of the molecule is CC(CC#N)NC(=O)C(N)CC(=O)O. The van der Waals surface area contributed by atoms with Gasteiger partial charge in [0.25, 0.3) is 0 Å². The van der Waals surface area contributed by atoms with Gasteiger partial charge in [-0.25, -0.2) is 0 Å². The summed E-state index contributed by atoms with van der Waals surface area (Å²) in [5.74, 6) is -1.67. The molecule has 4 N–H and O–H groups in total. The number of carboxylic acids is 1. The summed E-state index contributed by atoms with van der Waals surface area (Å²) in [5, 5.41) is 19.1. The maximum atomic E-state index is 11.2. The summed E-state index contributed by atoms with van der Waals surface area (Å²) in [6.07, 6.45) is -0.239. The van der Waals surface area contributed by atoms with Gasteiger partial charge in [-0.2, -0.15) is 5.26 Å². The third-order valence-electron chi connectivity index (χ3n) is 1.52. The molecule has 14 heavy (non-hydrogen) atoms. The van der Waals surface area contributed by atoms with Crippen LogP contribution in [0.15, 0.2) is 0 Å². The van der Waals surface area contributed by atoms with Crippen LogP contribution in [0, 0.1) is 11.3 Å². The number of hydrogen-bond acceptors (Lipinski definition) is 4. The fourth-order valence-corrected chi connectivity index (χ4v) is 0.819. The van der Waals surface area contributed by atoms with Gasteiger partial charge in [0, 0.05) is 6.04 Å². The molecule has 0 radical (unpaired) electrons. The molecule has 0 saturated heterocycles. The molecule has 0 heterocycles. The van der Waals surface area contributed by atoms with E-state index >= 15 is 0 Å². The summed E-state index contributed by atoms with van der Waals surface area (Å²) in [6.45, 7) is 1.65. The highest BCUT2D eigenvalue weighted by Gasteiger charge is 2.18. The van der Waals surface area contributed by atoms with Crippen LogP contribution in [0.25, 0.3) is 0 Å². The summed E-state index contributed by atoms with van der Waals surface area (Å²) in [4.78, 5) is 21.4. The molecule has 0 rings (SSSR count). The van der Waals surface area contributed by atoms with E-state index in [1.807, 2.05) is 6.07 Å². The van der Waals surface area contributed by atoms with Crippen molar-refractivity contribution < 1.29 is 14.7 Å². The molecule has 0 saturated carbocycles. The molecule has 0 aromatic rings. The number of amides is 1. The van der Waals surface area contributed by atoms with Gasteiger partial charge in [-0.05, 0) is 6.92 Å². The zero-order valence-electron chi connectivity index (χ0n) is 7.86. The summed E-state index contributed by atoms with van der Waals surface area (Å²) in [5.41, 5.74) is 5.29. The van der Waals surface area contributed by atoms with E-state index in [2.05, 4.69) is 5.32 Å². The van der Waals surface area contributed by atoms with Crippen molar-refractivity contribution >= 4 is 11.9 Å². The molecule has 2 atom stereocenters. The number of nitrogens with two attached hydrogens (primary N) is 1. The Hall–Kier alpha value is -1.61. The number of nitrogens with one attached hydrogen (secondary N) is 1. The molecule has 0 aromatic carbocycles. The molecule has 6 nitrogen and oxygen atoms in total. The minimum Gasteiger partial charge on any atom is -0.481 e. The van der Waals surface area contributed by atoms with Crippen molar-refractivity contribution in [2.75, 3.05) is 0 Å². The minimum atomic E-state index is -1.12. The zero-order chi connectivity index (χ0) is 11.1. The highest BCUT2D eigenvalue weighted by atomic mass is 16.4. The van der Waals surface area contributed by atoms with Crippen molar-refractivity contribution in [3.63, 3.8) is 0 Å². The fraction of sp³-hybridized carbons (Fsp3) is 0.625. The molecule has 2 unspecified atom stereocenters. The minimum absolute atomic E-state index is 0.172. The van der Waals surface area contributed by atoms with Gasteiger partial charge < -0.3 is 16.2 Å². The molecule has 6 heteroatoms. The number of rotatable bonds is 5. The van der Waals surface area contributed by atoms with E-state index in [4.69, 9.17) is 16.1 Å². The maximum absolute atomic E-state index is 11.2. The van der Waals surface area contributed by atoms with Crippen LogP contribution in [-0.4, -0.2) is 29.1 Å².